The molecule has 0 aliphatic carbocycles. The van der Waals surface area contributed by atoms with E-state index >= 15 is 0 Å². The predicted octanol–water partition coefficient (Wildman–Crippen LogP) is 7.64. The molecular formula is C45H60N4O7. The number of aryl methyl sites for hydroxylation is 3. The molecule has 2 fully saturated rings. The van der Waals surface area contributed by atoms with Gasteiger partial charge in [0.2, 0.25) is 0 Å². The van der Waals surface area contributed by atoms with Crippen LogP contribution in [0.2, 0.25) is 0 Å². The number of nitrogens with zero attached hydrogens (tertiary/aromatic N) is 4. The molecule has 0 amide bonds. The second-order valence-electron chi connectivity index (χ2n) is 16.0. The minimum Gasteiger partial charge on any atom is -0.507 e. The van der Waals surface area contributed by atoms with E-state index in [1.54, 1.807) is 12.4 Å². The molecule has 5 N–H and O–H groups in total. The van der Waals surface area contributed by atoms with Crippen LogP contribution in [0.25, 0.3) is 32.7 Å². The minimum atomic E-state index is -0.315. The molecule has 6 rings (SSSR count). The van der Waals surface area contributed by atoms with E-state index in [1.165, 1.54) is 0 Å². The fraction of sp³-hybridized carbons (Fsp3) is 0.511. The normalized spacial score (nSPS) is 16.2. The Hall–Kier alpha value is -4.42. The molecule has 2 aliphatic heterocycles. The van der Waals surface area contributed by atoms with Crippen LogP contribution in [0.1, 0.15) is 91.3 Å². The van der Waals surface area contributed by atoms with Gasteiger partial charge in [0.1, 0.15) is 5.75 Å². The standard InChI is InChI=1S/C45H60N4O7/c1-26(2)35-31-22-28(5)37(30(7)39(31)33(41(50)44(35)53)24-46-10-8-12-48-14-18-55-19-15-48)38-29(6)23-32-36(27(3)4)45(54)42(51)34(40(32)43(38)52)25-47-11-9-13-49-16-20-56-21-17-49/h22-27,50-54H,8-21H2,1-7H3/b46-24+,47-25+. The van der Waals surface area contributed by atoms with Crippen LogP contribution in [0.3, 0.4) is 0 Å². The highest BCUT2D eigenvalue weighted by Crippen LogP contribution is 2.52. The maximum atomic E-state index is 12.5. The van der Waals surface area contributed by atoms with Gasteiger partial charge in [-0.25, -0.2) is 0 Å². The van der Waals surface area contributed by atoms with Crippen molar-refractivity contribution in [2.75, 3.05) is 78.8 Å². The van der Waals surface area contributed by atoms with Crippen molar-refractivity contribution in [1.82, 2.24) is 9.80 Å². The van der Waals surface area contributed by atoms with Crippen LogP contribution in [-0.4, -0.2) is 127 Å². The molecule has 302 valence electrons. The average Bonchev–Trinajstić information content (AvgIpc) is 3.16. The number of hydrogen-bond acceptors (Lipinski definition) is 11. The lowest BCUT2D eigenvalue weighted by Crippen LogP contribution is -2.37. The van der Waals surface area contributed by atoms with E-state index in [0.717, 1.165) is 112 Å². The van der Waals surface area contributed by atoms with Gasteiger partial charge in [-0.05, 0) is 83.9 Å². The maximum absolute atomic E-state index is 12.5. The molecule has 2 saturated heterocycles. The molecule has 0 saturated carbocycles. The van der Waals surface area contributed by atoms with E-state index in [0.29, 0.717) is 46.1 Å². The van der Waals surface area contributed by atoms with E-state index in [4.69, 9.17) is 14.5 Å². The summed E-state index contributed by atoms with van der Waals surface area (Å²) in [6.07, 6.45) is 4.91. The smallest absolute Gasteiger partial charge is 0.167 e. The Kier molecular flexibility index (Phi) is 13.1. The van der Waals surface area contributed by atoms with E-state index in [1.807, 2.05) is 60.6 Å². The number of aromatic hydroxyl groups is 5. The molecule has 2 heterocycles. The van der Waals surface area contributed by atoms with Crippen LogP contribution in [-0.2, 0) is 9.47 Å². The summed E-state index contributed by atoms with van der Waals surface area (Å²) >= 11 is 0. The van der Waals surface area contributed by atoms with Crippen molar-refractivity contribution in [2.24, 2.45) is 9.98 Å². The summed E-state index contributed by atoms with van der Waals surface area (Å²) in [6, 6.07) is 4.00. The molecule has 0 radical (unpaired) electrons. The van der Waals surface area contributed by atoms with Crippen molar-refractivity contribution in [3.63, 3.8) is 0 Å². The van der Waals surface area contributed by atoms with Crippen molar-refractivity contribution in [1.29, 1.82) is 0 Å². The number of rotatable bonds is 13. The van der Waals surface area contributed by atoms with Gasteiger partial charge in [0.05, 0.1) is 26.4 Å². The summed E-state index contributed by atoms with van der Waals surface area (Å²) in [7, 11) is 0. The third kappa shape index (κ3) is 8.18. The number of phenolic OH excluding ortho intramolecular Hbond substituents is 5. The van der Waals surface area contributed by atoms with Gasteiger partial charge in [-0.15, -0.1) is 0 Å². The molecule has 11 nitrogen and oxygen atoms in total. The van der Waals surface area contributed by atoms with Crippen molar-refractivity contribution in [2.45, 2.75) is 73.1 Å². The fourth-order valence-corrected chi connectivity index (χ4v) is 8.68. The zero-order valence-corrected chi connectivity index (χ0v) is 34.2. The van der Waals surface area contributed by atoms with Crippen molar-refractivity contribution < 1.29 is 35.0 Å². The van der Waals surface area contributed by atoms with E-state index in [2.05, 4.69) is 14.8 Å². The van der Waals surface area contributed by atoms with Crippen LogP contribution < -0.4 is 0 Å². The second-order valence-corrected chi connectivity index (χ2v) is 16.0. The highest BCUT2D eigenvalue weighted by Gasteiger charge is 2.28. The Bertz CT molecular complexity index is 1980. The number of phenols is 5. The van der Waals surface area contributed by atoms with E-state index < -0.39 is 0 Å². The molecule has 4 aromatic rings. The number of benzene rings is 4. The minimum absolute atomic E-state index is 0.0251. The number of morpholine rings is 2. The third-order valence-corrected chi connectivity index (χ3v) is 11.4. The van der Waals surface area contributed by atoms with Crippen molar-refractivity contribution in [3.8, 4) is 39.9 Å². The van der Waals surface area contributed by atoms with Gasteiger partial charge in [-0.3, -0.25) is 19.8 Å². The fourth-order valence-electron chi connectivity index (χ4n) is 8.68. The first-order valence-corrected chi connectivity index (χ1v) is 20.2. The van der Waals surface area contributed by atoms with Crippen molar-refractivity contribution in [3.05, 3.63) is 51.1 Å². The Morgan fingerprint density at radius 3 is 1.45 bits per heavy atom. The third-order valence-electron chi connectivity index (χ3n) is 11.4. The Balaban J connectivity index is 1.49. The summed E-state index contributed by atoms with van der Waals surface area (Å²) in [5.74, 6) is -1.17. The highest BCUT2D eigenvalue weighted by atomic mass is 16.5. The van der Waals surface area contributed by atoms with Gasteiger partial charge in [-0.2, -0.15) is 0 Å². The summed E-state index contributed by atoms with van der Waals surface area (Å²) in [6.45, 7) is 23.2. The quantitative estimate of drug-likeness (QED) is 0.0525. The van der Waals surface area contributed by atoms with Gasteiger partial charge in [-0.1, -0.05) is 39.8 Å². The van der Waals surface area contributed by atoms with Crippen molar-refractivity contribution >= 4 is 34.0 Å². The molecule has 4 aromatic carbocycles. The molecule has 56 heavy (non-hydrogen) atoms. The molecule has 0 bridgehead atoms. The Morgan fingerprint density at radius 2 is 1.00 bits per heavy atom. The monoisotopic (exact) mass is 768 g/mol. The summed E-state index contributed by atoms with van der Waals surface area (Å²) in [5.41, 5.74) is 5.73. The van der Waals surface area contributed by atoms with Crippen LogP contribution in [0.15, 0.2) is 22.1 Å². The van der Waals surface area contributed by atoms with Crippen LogP contribution in [0, 0.1) is 20.8 Å². The average molecular weight is 769 g/mol. The molecule has 11 heteroatoms. The zero-order valence-electron chi connectivity index (χ0n) is 34.2. The van der Waals surface area contributed by atoms with Gasteiger partial charge < -0.3 is 35.0 Å². The Labute approximate surface area is 330 Å². The van der Waals surface area contributed by atoms with Crippen LogP contribution in [0.4, 0.5) is 0 Å². The van der Waals surface area contributed by atoms with Gasteiger partial charge in [0, 0.05) is 98.0 Å². The Morgan fingerprint density at radius 1 is 0.589 bits per heavy atom. The lowest BCUT2D eigenvalue weighted by Gasteiger charge is -2.26. The molecule has 0 unspecified atom stereocenters. The lowest BCUT2D eigenvalue weighted by atomic mass is 9.81. The van der Waals surface area contributed by atoms with Gasteiger partial charge >= 0.3 is 0 Å². The maximum Gasteiger partial charge on any atom is 0.167 e. The second kappa shape index (κ2) is 17.8. The molecule has 0 atom stereocenters. The highest BCUT2D eigenvalue weighted by molar-refractivity contribution is 6.14. The van der Waals surface area contributed by atoms with Crippen LogP contribution in [0.5, 0.6) is 28.7 Å². The largest absolute Gasteiger partial charge is 0.507 e. The first-order chi connectivity index (χ1) is 26.8. The summed E-state index contributed by atoms with van der Waals surface area (Å²) in [5, 5.41) is 60.9. The van der Waals surface area contributed by atoms with Gasteiger partial charge in [0.25, 0.3) is 0 Å². The number of ether oxygens (including phenoxy) is 2. The number of fused-ring (bicyclic) bond motifs is 2. The van der Waals surface area contributed by atoms with E-state index in [-0.39, 0.29) is 46.1 Å². The molecule has 0 spiro atoms. The number of hydrogen-bond donors (Lipinski definition) is 5. The topological polar surface area (TPSA) is 151 Å². The first kappa shape index (κ1) is 41.2. The summed E-state index contributed by atoms with van der Waals surface area (Å²) in [4.78, 5) is 14.1. The molecule has 0 aromatic heterocycles. The van der Waals surface area contributed by atoms with E-state index in [9.17, 15) is 25.5 Å². The number of aliphatic imine (C=N–C) groups is 2. The molecular weight excluding hydrogens is 709 g/mol. The van der Waals surface area contributed by atoms with Crippen LogP contribution >= 0.6 is 0 Å². The SMILES string of the molecule is Cc1cc2c(C(C)C)c(O)c(O)c(/C=N/CCCN3CCOCC3)c2c(C)c1-c1c(C)cc2c(C(C)C)c(O)c(O)c(/C=N/CCCN3CCOCC3)c2c1O. The molecule has 2 aliphatic rings. The zero-order chi connectivity index (χ0) is 40.3. The first-order valence-electron chi connectivity index (χ1n) is 20.2. The van der Waals surface area contributed by atoms with Gasteiger partial charge in [0.15, 0.2) is 23.0 Å². The lowest BCUT2D eigenvalue weighted by molar-refractivity contribution is 0.0377. The predicted molar refractivity (Wildman–Crippen MR) is 226 cm³/mol. The summed E-state index contributed by atoms with van der Waals surface area (Å²) < 4.78 is 10.9.